The molecule has 3 heterocycles. The summed E-state index contributed by atoms with van der Waals surface area (Å²) >= 11 is 6.44. The lowest BCUT2D eigenvalue weighted by molar-refractivity contribution is 0.559. The fourth-order valence-electron chi connectivity index (χ4n) is 3.16. The van der Waals surface area contributed by atoms with E-state index < -0.39 is 0 Å². The maximum absolute atomic E-state index is 6.44. The summed E-state index contributed by atoms with van der Waals surface area (Å²) in [5.41, 5.74) is 3.05. The predicted molar refractivity (Wildman–Crippen MR) is 103 cm³/mol. The molecule has 0 saturated carbocycles. The number of aryl methyl sites for hydroxylation is 1. The van der Waals surface area contributed by atoms with Crippen molar-refractivity contribution in [3.05, 3.63) is 89.4 Å². The third kappa shape index (κ3) is 3.36. The molecule has 0 bridgehead atoms. The molecule has 1 atom stereocenters. The van der Waals surface area contributed by atoms with Gasteiger partial charge in [0, 0.05) is 49.8 Å². The second-order valence-corrected chi connectivity index (χ2v) is 6.66. The summed E-state index contributed by atoms with van der Waals surface area (Å²) in [6.07, 6.45) is 8.67. The number of rotatable bonds is 6. The smallest absolute Gasteiger partial charge is 0.136 e. The lowest BCUT2D eigenvalue weighted by Crippen LogP contribution is -2.27. The number of nitrogens with one attached hydrogen (secondary N) is 1. The summed E-state index contributed by atoms with van der Waals surface area (Å²) in [4.78, 5) is 9.17. The van der Waals surface area contributed by atoms with Gasteiger partial charge in [0.05, 0.1) is 11.7 Å². The van der Waals surface area contributed by atoms with Gasteiger partial charge in [0.1, 0.15) is 11.5 Å². The van der Waals surface area contributed by atoms with Crippen molar-refractivity contribution in [3.63, 3.8) is 0 Å². The van der Waals surface area contributed by atoms with Crippen molar-refractivity contribution in [3.8, 4) is 0 Å². The summed E-state index contributed by atoms with van der Waals surface area (Å²) < 4.78 is 4.06. The molecule has 0 aliphatic rings. The van der Waals surface area contributed by atoms with Crippen molar-refractivity contribution < 1.29 is 0 Å². The molecule has 0 aliphatic carbocycles. The normalized spacial score (nSPS) is 12.5. The number of halogens is 1. The topological polar surface area (TPSA) is 47.2 Å². The number of fused-ring (bicyclic) bond motifs is 1. The molecular weight excluding hydrogens is 346 g/mol. The second-order valence-electron chi connectivity index (χ2n) is 6.25. The third-order valence-electron chi connectivity index (χ3n) is 4.48. The van der Waals surface area contributed by atoms with E-state index in [1.165, 1.54) is 0 Å². The number of benzene rings is 1. The molecule has 0 radical (unpaired) electrons. The molecule has 0 spiro atoms. The van der Waals surface area contributed by atoms with Crippen molar-refractivity contribution in [1.82, 2.24) is 24.3 Å². The average Bonchev–Trinajstić information content (AvgIpc) is 3.25. The third-order valence-corrected chi connectivity index (χ3v) is 4.82. The minimum atomic E-state index is -0.0688. The van der Waals surface area contributed by atoms with E-state index in [9.17, 15) is 0 Å². The van der Waals surface area contributed by atoms with E-state index in [0.717, 1.165) is 40.7 Å². The van der Waals surface area contributed by atoms with Crippen LogP contribution in [0.4, 0.5) is 0 Å². The van der Waals surface area contributed by atoms with Crippen LogP contribution in [-0.4, -0.2) is 25.5 Å². The fraction of sp³-hybridized carbons (Fsp3) is 0.200. The van der Waals surface area contributed by atoms with Crippen molar-refractivity contribution >= 4 is 17.2 Å². The van der Waals surface area contributed by atoms with E-state index >= 15 is 0 Å². The van der Waals surface area contributed by atoms with Gasteiger partial charge in [0.2, 0.25) is 0 Å². The van der Waals surface area contributed by atoms with Crippen molar-refractivity contribution in [2.45, 2.75) is 12.5 Å². The molecule has 5 nitrogen and oxygen atoms in total. The lowest BCUT2D eigenvalue weighted by atomic mass is 10.1. The number of hydrogen-bond acceptors (Lipinski definition) is 3. The van der Waals surface area contributed by atoms with E-state index in [1.54, 1.807) is 0 Å². The molecule has 3 aromatic heterocycles. The van der Waals surface area contributed by atoms with E-state index in [0.29, 0.717) is 0 Å². The zero-order valence-corrected chi connectivity index (χ0v) is 15.3. The van der Waals surface area contributed by atoms with Crippen LogP contribution in [0.2, 0.25) is 5.02 Å². The number of hydrogen-bond donors (Lipinski definition) is 1. The molecule has 4 rings (SSSR count). The predicted octanol–water partition coefficient (Wildman–Crippen LogP) is 3.64. The van der Waals surface area contributed by atoms with Crippen LogP contribution in [0.25, 0.3) is 5.65 Å². The van der Waals surface area contributed by atoms with Crippen LogP contribution >= 0.6 is 11.6 Å². The van der Waals surface area contributed by atoms with Gasteiger partial charge in [-0.15, -0.1) is 0 Å². The SMILES string of the molecule is Cn1ccnc1[C@H](NCCc1cn2ccccc2n1)c1ccccc1Cl. The molecule has 0 amide bonds. The van der Waals surface area contributed by atoms with Crippen molar-refractivity contribution in [2.75, 3.05) is 6.54 Å². The van der Waals surface area contributed by atoms with Gasteiger partial charge in [0.15, 0.2) is 0 Å². The Labute approximate surface area is 157 Å². The van der Waals surface area contributed by atoms with Crippen LogP contribution in [0.5, 0.6) is 0 Å². The molecular formula is C20H20ClN5. The molecule has 4 aromatic rings. The Hall–Kier alpha value is -2.63. The molecule has 0 fully saturated rings. The molecule has 0 aliphatic heterocycles. The van der Waals surface area contributed by atoms with Crippen LogP contribution in [0.1, 0.15) is 23.1 Å². The molecule has 26 heavy (non-hydrogen) atoms. The Morgan fingerprint density at radius 3 is 2.73 bits per heavy atom. The standard InChI is InChI=1S/C20H20ClN5/c1-25-13-11-23-20(25)19(16-6-2-3-7-17(16)21)22-10-9-15-14-26-12-5-4-8-18(26)24-15/h2-8,11-14,19,22H,9-10H2,1H3/t19-/m1/s1. The van der Waals surface area contributed by atoms with E-state index in [1.807, 2.05) is 77.1 Å². The zero-order valence-electron chi connectivity index (χ0n) is 14.5. The molecule has 6 heteroatoms. The van der Waals surface area contributed by atoms with Gasteiger partial charge < -0.3 is 14.3 Å². The minimum Gasteiger partial charge on any atom is -0.336 e. The minimum absolute atomic E-state index is 0.0688. The number of imidazole rings is 2. The quantitative estimate of drug-likeness (QED) is 0.567. The Kier molecular flexibility index (Phi) is 4.73. The summed E-state index contributed by atoms with van der Waals surface area (Å²) in [6, 6.07) is 13.8. The molecule has 0 saturated heterocycles. The van der Waals surface area contributed by atoms with E-state index in [-0.39, 0.29) is 6.04 Å². The maximum Gasteiger partial charge on any atom is 0.136 e. The molecule has 1 N–H and O–H groups in total. The van der Waals surface area contributed by atoms with Gasteiger partial charge in [-0.2, -0.15) is 0 Å². The summed E-state index contributed by atoms with van der Waals surface area (Å²) in [7, 11) is 2.00. The van der Waals surface area contributed by atoms with Gasteiger partial charge in [-0.25, -0.2) is 9.97 Å². The highest BCUT2D eigenvalue weighted by Gasteiger charge is 2.20. The Balaban J connectivity index is 1.53. The van der Waals surface area contributed by atoms with Gasteiger partial charge in [0.25, 0.3) is 0 Å². The highest BCUT2D eigenvalue weighted by molar-refractivity contribution is 6.31. The monoisotopic (exact) mass is 365 g/mol. The van der Waals surface area contributed by atoms with Gasteiger partial charge in [-0.05, 0) is 23.8 Å². The van der Waals surface area contributed by atoms with E-state index in [4.69, 9.17) is 11.6 Å². The van der Waals surface area contributed by atoms with Crippen molar-refractivity contribution in [2.24, 2.45) is 7.05 Å². The van der Waals surface area contributed by atoms with Gasteiger partial charge in [-0.3, -0.25) is 0 Å². The summed E-state index contributed by atoms with van der Waals surface area (Å²) in [5.74, 6) is 0.938. The van der Waals surface area contributed by atoms with Gasteiger partial charge in [-0.1, -0.05) is 35.9 Å². The first kappa shape index (κ1) is 16.8. The summed E-state index contributed by atoms with van der Waals surface area (Å²) in [5, 5.41) is 4.33. The van der Waals surface area contributed by atoms with Crippen LogP contribution in [0, 0.1) is 0 Å². The van der Waals surface area contributed by atoms with Crippen LogP contribution in [0.3, 0.4) is 0 Å². The first-order valence-corrected chi connectivity index (χ1v) is 8.98. The molecule has 132 valence electrons. The van der Waals surface area contributed by atoms with Gasteiger partial charge >= 0.3 is 0 Å². The largest absolute Gasteiger partial charge is 0.336 e. The van der Waals surface area contributed by atoms with Crippen molar-refractivity contribution in [1.29, 1.82) is 0 Å². The second kappa shape index (κ2) is 7.32. The molecule has 0 unspecified atom stereocenters. The highest BCUT2D eigenvalue weighted by atomic mass is 35.5. The maximum atomic E-state index is 6.44. The Morgan fingerprint density at radius 2 is 1.96 bits per heavy atom. The first-order valence-electron chi connectivity index (χ1n) is 8.60. The van der Waals surface area contributed by atoms with Crippen LogP contribution in [-0.2, 0) is 13.5 Å². The summed E-state index contributed by atoms with van der Waals surface area (Å²) in [6.45, 7) is 0.770. The average molecular weight is 366 g/mol. The Bertz CT molecular complexity index is 987. The van der Waals surface area contributed by atoms with Crippen LogP contribution < -0.4 is 5.32 Å². The zero-order chi connectivity index (χ0) is 17.9. The lowest BCUT2D eigenvalue weighted by Gasteiger charge is -2.20. The highest BCUT2D eigenvalue weighted by Crippen LogP contribution is 2.27. The van der Waals surface area contributed by atoms with E-state index in [2.05, 4.69) is 21.5 Å². The first-order chi connectivity index (χ1) is 12.7. The number of aromatic nitrogens is 4. The van der Waals surface area contributed by atoms with Crippen LogP contribution in [0.15, 0.2) is 67.3 Å². The molecule has 1 aromatic carbocycles. The fourth-order valence-corrected chi connectivity index (χ4v) is 3.40. The number of pyridine rings is 1. The number of nitrogens with zero attached hydrogens (tertiary/aromatic N) is 4. The Morgan fingerprint density at radius 1 is 1.12 bits per heavy atom.